The third-order valence-electron chi connectivity index (χ3n) is 4.84. The molecule has 7 heteroatoms. The predicted molar refractivity (Wildman–Crippen MR) is 132 cm³/mol. The van der Waals surface area contributed by atoms with Crippen molar-refractivity contribution in [1.82, 2.24) is 5.32 Å². The number of para-hydroxylation sites is 2. The van der Waals surface area contributed by atoms with E-state index in [1.54, 1.807) is 48.5 Å². The van der Waals surface area contributed by atoms with E-state index >= 15 is 0 Å². The molecular weight excluding hydrogens is 422 g/mol. The molecule has 0 aromatic heterocycles. The number of amides is 2. The van der Waals surface area contributed by atoms with Gasteiger partial charge in [0.1, 0.15) is 5.75 Å². The zero-order valence-corrected chi connectivity index (χ0v) is 19.0. The molecule has 6 nitrogen and oxygen atoms in total. The summed E-state index contributed by atoms with van der Waals surface area (Å²) in [6, 6.07) is 19.6. The minimum Gasteiger partial charge on any atom is -0.493 e. The molecule has 0 atom stereocenters. The second-order valence-electron chi connectivity index (χ2n) is 7.14. The molecule has 0 saturated heterocycles. The Morgan fingerprint density at radius 1 is 0.844 bits per heavy atom. The van der Waals surface area contributed by atoms with E-state index in [2.05, 4.69) is 16.0 Å². The number of ether oxygens (including phenoxy) is 1. The average Bonchev–Trinajstić information content (AvgIpc) is 2.77. The normalized spacial score (nSPS) is 10.2. The van der Waals surface area contributed by atoms with Crippen molar-refractivity contribution < 1.29 is 14.3 Å². The highest BCUT2D eigenvalue weighted by Crippen LogP contribution is 2.20. The Hall–Kier alpha value is -3.71. The van der Waals surface area contributed by atoms with Gasteiger partial charge in [-0.25, -0.2) is 0 Å². The lowest BCUT2D eigenvalue weighted by molar-refractivity contribution is 0.0973. The fourth-order valence-electron chi connectivity index (χ4n) is 3.07. The summed E-state index contributed by atoms with van der Waals surface area (Å²) in [5.41, 5.74) is 4.20. The maximum Gasteiger partial charge on any atom is 0.261 e. The molecule has 3 rings (SSSR count). The van der Waals surface area contributed by atoms with Crippen molar-refractivity contribution in [1.29, 1.82) is 0 Å². The number of carbonyl (C=O) groups is 2. The molecular formula is C25H25N3O3S. The number of thiocarbonyl (C=S) groups is 1. The molecule has 0 unspecified atom stereocenters. The van der Waals surface area contributed by atoms with Crippen molar-refractivity contribution in [2.45, 2.75) is 20.8 Å². The summed E-state index contributed by atoms with van der Waals surface area (Å²) in [4.78, 5) is 25.5. The monoisotopic (exact) mass is 447 g/mol. The van der Waals surface area contributed by atoms with E-state index in [9.17, 15) is 9.59 Å². The van der Waals surface area contributed by atoms with Crippen molar-refractivity contribution in [3.05, 3.63) is 89.0 Å². The average molecular weight is 448 g/mol. The third-order valence-corrected chi connectivity index (χ3v) is 5.05. The SMILES string of the molecule is CCOc1ccccc1C(=O)NC(=S)Nc1ccccc1C(=O)Nc1ccc(C)c(C)c1. The third kappa shape index (κ3) is 5.70. The molecule has 0 bridgehead atoms. The number of benzene rings is 3. The summed E-state index contributed by atoms with van der Waals surface area (Å²) in [5.74, 6) is -0.209. The summed E-state index contributed by atoms with van der Waals surface area (Å²) >= 11 is 5.31. The molecule has 0 aliphatic carbocycles. The van der Waals surface area contributed by atoms with Crippen molar-refractivity contribution in [3.8, 4) is 5.75 Å². The van der Waals surface area contributed by atoms with Gasteiger partial charge >= 0.3 is 0 Å². The smallest absolute Gasteiger partial charge is 0.261 e. The van der Waals surface area contributed by atoms with Gasteiger partial charge in [-0.3, -0.25) is 14.9 Å². The van der Waals surface area contributed by atoms with E-state index in [4.69, 9.17) is 17.0 Å². The molecule has 0 spiro atoms. The highest BCUT2D eigenvalue weighted by Gasteiger charge is 2.16. The zero-order valence-electron chi connectivity index (χ0n) is 18.2. The maximum atomic E-state index is 12.9. The fraction of sp³-hybridized carbons (Fsp3) is 0.160. The van der Waals surface area contributed by atoms with E-state index in [1.165, 1.54) is 0 Å². The minimum atomic E-state index is -0.399. The van der Waals surface area contributed by atoms with Crippen molar-refractivity contribution >= 4 is 40.5 Å². The van der Waals surface area contributed by atoms with Gasteiger partial charge in [-0.2, -0.15) is 0 Å². The Balaban J connectivity index is 1.71. The number of hydrogen-bond acceptors (Lipinski definition) is 4. The van der Waals surface area contributed by atoms with Crippen LogP contribution < -0.4 is 20.7 Å². The molecule has 0 aliphatic rings. The van der Waals surface area contributed by atoms with Gasteiger partial charge in [-0.05, 0) is 80.5 Å². The van der Waals surface area contributed by atoms with E-state index < -0.39 is 5.91 Å². The lowest BCUT2D eigenvalue weighted by atomic mass is 10.1. The molecule has 0 fully saturated rings. The van der Waals surface area contributed by atoms with Crippen LogP contribution in [-0.2, 0) is 0 Å². The second kappa shape index (κ2) is 10.5. The first kappa shape index (κ1) is 23.0. The minimum absolute atomic E-state index is 0.0766. The topological polar surface area (TPSA) is 79.5 Å². The Labute approximate surface area is 193 Å². The standard InChI is InChI=1S/C25H25N3O3S/c1-4-31-22-12-8-6-10-20(22)24(30)28-25(32)27-21-11-7-5-9-19(21)23(29)26-18-14-13-16(2)17(3)15-18/h5-15H,4H2,1-3H3,(H,26,29)(H2,27,28,30,32). The maximum absolute atomic E-state index is 12.9. The molecule has 32 heavy (non-hydrogen) atoms. The van der Waals surface area contributed by atoms with Gasteiger partial charge in [0.25, 0.3) is 11.8 Å². The van der Waals surface area contributed by atoms with Crippen molar-refractivity contribution in [2.24, 2.45) is 0 Å². The molecule has 0 heterocycles. The van der Waals surface area contributed by atoms with E-state index in [0.717, 1.165) is 11.1 Å². The zero-order chi connectivity index (χ0) is 23.1. The number of aryl methyl sites for hydroxylation is 2. The number of nitrogens with one attached hydrogen (secondary N) is 3. The molecule has 2 amide bonds. The first-order valence-corrected chi connectivity index (χ1v) is 10.6. The molecule has 3 aromatic carbocycles. The Bertz CT molecular complexity index is 1160. The number of rotatable bonds is 6. The van der Waals surface area contributed by atoms with Crippen LogP contribution in [0.15, 0.2) is 66.7 Å². The van der Waals surface area contributed by atoms with Crippen molar-refractivity contribution in [2.75, 3.05) is 17.2 Å². The van der Waals surface area contributed by atoms with Gasteiger partial charge in [0, 0.05) is 5.69 Å². The molecule has 164 valence electrons. The first-order chi connectivity index (χ1) is 15.4. The summed E-state index contributed by atoms with van der Waals surface area (Å²) in [7, 11) is 0. The predicted octanol–water partition coefficient (Wildman–Crippen LogP) is 5.08. The van der Waals surface area contributed by atoms with Gasteiger partial charge in [0.05, 0.1) is 23.4 Å². The van der Waals surface area contributed by atoms with Crippen molar-refractivity contribution in [3.63, 3.8) is 0 Å². The molecule has 0 radical (unpaired) electrons. The van der Waals surface area contributed by atoms with Gasteiger partial charge in [0.2, 0.25) is 0 Å². The quantitative estimate of drug-likeness (QED) is 0.459. The summed E-state index contributed by atoms with van der Waals surface area (Å²) in [6.07, 6.45) is 0. The van der Waals surface area contributed by atoms with E-state index in [1.807, 2.05) is 39.0 Å². The first-order valence-electron chi connectivity index (χ1n) is 10.2. The van der Waals surface area contributed by atoms with Gasteiger partial charge in [-0.1, -0.05) is 30.3 Å². The number of hydrogen-bond donors (Lipinski definition) is 3. The molecule has 3 aromatic rings. The summed E-state index contributed by atoms with van der Waals surface area (Å²) < 4.78 is 5.50. The highest BCUT2D eigenvalue weighted by atomic mass is 32.1. The van der Waals surface area contributed by atoms with Crippen LogP contribution in [0.25, 0.3) is 0 Å². The van der Waals surface area contributed by atoms with Crippen LogP contribution in [0.3, 0.4) is 0 Å². The van der Waals surface area contributed by atoms with Crippen LogP contribution in [0, 0.1) is 13.8 Å². The Morgan fingerprint density at radius 3 is 2.25 bits per heavy atom. The largest absolute Gasteiger partial charge is 0.493 e. The molecule has 0 saturated carbocycles. The van der Waals surface area contributed by atoms with Gasteiger partial charge in [0.15, 0.2) is 5.11 Å². The highest BCUT2D eigenvalue weighted by molar-refractivity contribution is 7.80. The molecule has 3 N–H and O–H groups in total. The van der Waals surface area contributed by atoms with Crippen LogP contribution >= 0.6 is 12.2 Å². The van der Waals surface area contributed by atoms with E-state index in [-0.39, 0.29) is 11.0 Å². The van der Waals surface area contributed by atoms with E-state index in [0.29, 0.717) is 34.9 Å². The van der Waals surface area contributed by atoms with Crippen LogP contribution in [0.5, 0.6) is 5.75 Å². The van der Waals surface area contributed by atoms with Gasteiger partial charge in [-0.15, -0.1) is 0 Å². The Kier molecular flexibility index (Phi) is 7.57. The summed E-state index contributed by atoms with van der Waals surface area (Å²) in [6.45, 7) is 6.30. The Morgan fingerprint density at radius 2 is 1.53 bits per heavy atom. The summed E-state index contributed by atoms with van der Waals surface area (Å²) in [5, 5.41) is 8.57. The number of anilines is 2. The van der Waals surface area contributed by atoms with Crippen LogP contribution in [0.1, 0.15) is 38.8 Å². The fourth-order valence-corrected chi connectivity index (χ4v) is 3.27. The van der Waals surface area contributed by atoms with Crippen LogP contribution in [0.4, 0.5) is 11.4 Å². The lowest BCUT2D eigenvalue weighted by Crippen LogP contribution is -2.35. The molecule has 0 aliphatic heterocycles. The van der Waals surface area contributed by atoms with Crippen LogP contribution in [0.2, 0.25) is 0 Å². The lowest BCUT2D eigenvalue weighted by Gasteiger charge is -2.15. The second-order valence-corrected chi connectivity index (χ2v) is 7.54. The van der Waals surface area contributed by atoms with Crippen LogP contribution in [-0.4, -0.2) is 23.5 Å². The number of carbonyl (C=O) groups excluding carboxylic acids is 2. The van der Waals surface area contributed by atoms with Gasteiger partial charge < -0.3 is 15.4 Å².